The van der Waals surface area contributed by atoms with Crippen LogP contribution in [-0.4, -0.2) is 11.5 Å². The van der Waals surface area contributed by atoms with E-state index in [9.17, 15) is 4.39 Å². The van der Waals surface area contributed by atoms with Crippen molar-refractivity contribution in [3.8, 4) is 6.07 Å². The molecule has 1 aromatic heterocycles. The average Bonchev–Trinajstić information content (AvgIpc) is 2.92. The van der Waals surface area contributed by atoms with E-state index in [4.69, 9.17) is 5.26 Å². The number of aromatic amines is 1. The lowest BCUT2D eigenvalue weighted by Gasteiger charge is -2.23. The molecule has 0 atom stereocenters. The molecule has 4 heteroatoms. The van der Waals surface area contributed by atoms with Crippen LogP contribution < -0.4 is 4.90 Å². The summed E-state index contributed by atoms with van der Waals surface area (Å²) in [6, 6.07) is 13.2. The summed E-state index contributed by atoms with van der Waals surface area (Å²) in [5.74, 6) is 0.764. The third-order valence-corrected chi connectivity index (χ3v) is 4.48. The second-order valence-corrected chi connectivity index (χ2v) is 5.84. The molecule has 0 aliphatic carbocycles. The lowest BCUT2D eigenvalue weighted by atomic mass is 10.1. The molecule has 24 heavy (non-hydrogen) atoms. The SMILES string of the molecule is CCc1ccc(N(CC)c2[nH]c3cc(C#N)ccc3c2C)cc1F. The first-order valence-corrected chi connectivity index (χ1v) is 8.17. The molecule has 3 aromatic rings. The van der Waals surface area contributed by atoms with Gasteiger partial charge in [0, 0.05) is 23.1 Å². The molecule has 2 aromatic carbocycles. The number of benzene rings is 2. The van der Waals surface area contributed by atoms with Gasteiger partial charge in [0.05, 0.1) is 11.6 Å². The number of H-pyrrole nitrogens is 1. The zero-order valence-electron chi connectivity index (χ0n) is 14.2. The molecule has 0 aliphatic heterocycles. The molecule has 0 fully saturated rings. The van der Waals surface area contributed by atoms with Crippen LogP contribution in [-0.2, 0) is 6.42 Å². The largest absolute Gasteiger partial charge is 0.341 e. The van der Waals surface area contributed by atoms with Gasteiger partial charge < -0.3 is 9.88 Å². The van der Waals surface area contributed by atoms with Gasteiger partial charge in [0.25, 0.3) is 0 Å². The summed E-state index contributed by atoms with van der Waals surface area (Å²) in [7, 11) is 0. The first kappa shape index (κ1) is 16.1. The molecule has 0 amide bonds. The van der Waals surface area contributed by atoms with Crippen molar-refractivity contribution >= 4 is 22.4 Å². The number of fused-ring (bicyclic) bond motifs is 1. The highest BCUT2D eigenvalue weighted by molar-refractivity contribution is 5.90. The van der Waals surface area contributed by atoms with E-state index in [2.05, 4.69) is 16.0 Å². The molecule has 1 N–H and O–H groups in total. The quantitative estimate of drug-likeness (QED) is 0.717. The van der Waals surface area contributed by atoms with Crippen LogP contribution in [0.25, 0.3) is 10.9 Å². The van der Waals surface area contributed by atoms with Crippen molar-refractivity contribution < 1.29 is 4.39 Å². The van der Waals surface area contributed by atoms with Gasteiger partial charge in [-0.15, -0.1) is 0 Å². The number of aryl methyl sites for hydroxylation is 2. The molecule has 3 rings (SSSR count). The van der Waals surface area contributed by atoms with E-state index in [-0.39, 0.29) is 5.82 Å². The Morgan fingerprint density at radius 2 is 1.96 bits per heavy atom. The molecule has 0 aliphatic rings. The van der Waals surface area contributed by atoms with E-state index in [1.165, 1.54) is 0 Å². The second-order valence-electron chi connectivity index (χ2n) is 5.84. The summed E-state index contributed by atoms with van der Waals surface area (Å²) in [5.41, 5.74) is 4.18. The predicted octanol–water partition coefficient (Wildman–Crippen LogP) is 5.21. The third-order valence-electron chi connectivity index (χ3n) is 4.48. The summed E-state index contributed by atoms with van der Waals surface area (Å²) >= 11 is 0. The topological polar surface area (TPSA) is 42.8 Å². The number of halogens is 1. The highest BCUT2D eigenvalue weighted by Gasteiger charge is 2.16. The van der Waals surface area contributed by atoms with Crippen LogP contribution in [0.3, 0.4) is 0 Å². The minimum atomic E-state index is -0.172. The molecule has 0 radical (unpaired) electrons. The molecule has 0 unspecified atom stereocenters. The van der Waals surface area contributed by atoms with E-state index in [0.29, 0.717) is 18.5 Å². The van der Waals surface area contributed by atoms with E-state index < -0.39 is 0 Å². The van der Waals surface area contributed by atoms with Crippen molar-refractivity contribution in [1.29, 1.82) is 5.26 Å². The van der Waals surface area contributed by atoms with Gasteiger partial charge in [-0.05, 0) is 55.7 Å². The Balaban J connectivity index is 2.11. The van der Waals surface area contributed by atoms with Gasteiger partial charge in [-0.25, -0.2) is 4.39 Å². The first-order chi connectivity index (χ1) is 11.6. The smallest absolute Gasteiger partial charge is 0.128 e. The number of nitriles is 1. The molecule has 3 nitrogen and oxygen atoms in total. The van der Waals surface area contributed by atoms with Crippen LogP contribution >= 0.6 is 0 Å². The van der Waals surface area contributed by atoms with E-state index in [1.54, 1.807) is 6.07 Å². The highest BCUT2D eigenvalue weighted by Crippen LogP contribution is 2.33. The Hall–Kier alpha value is -2.80. The Kier molecular flexibility index (Phi) is 4.26. The van der Waals surface area contributed by atoms with E-state index in [0.717, 1.165) is 33.5 Å². The van der Waals surface area contributed by atoms with Crippen LogP contribution in [0.2, 0.25) is 0 Å². The minimum Gasteiger partial charge on any atom is -0.341 e. The lowest BCUT2D eigenvalue weighted by Crippen LogP contribution is -2.17. The summed E-state index contributed by atoms with van der Waals surface area (Å²) in [5, 5.41) is 10.1. The van der Waals surface area contributed by atoms with Gasteiger partial charge in [-0.3, -0.25) is 0 Å². The van der Waals surface area contributed by atoms with Crippen LogP contribution in [0, 0.1) is 24.1 Å². The Morgan fingerprint density at radius 1 is 1.17 bits per heavy atom. The summed E-state index contributed by atoms with van der Waals surface area (Å²) < 4.78 is 14.2. The van der Waals surface area contributed by atoms with Crippen molar-refractivity contribution in [2.24, 2.45) is 0 Å². The van der Waals surface area contributed by atoms with Crippen molar-refractivity contribution in [2.45, 2.75) is 27.2 Å². The van der Waals surface area contributed by atoms with Gasteiger partial charge in [-0.2, -0.15) is 5.26 Å². The Bertz CT molecular complexity index is 934. The zero-order valence-corrected chi connectivity index (χ0v) is 14.2. The minimum absolute atomic E-state index is 0.172. The number of nitrogens with one attached hydrogen (secondary N) is 1. The maximum atomic E-state index is 14.2. The predicted molar refractivity (Wildman–Crippen MR) is 96.2 cm³/mol. The number of nitrogens with zero attached hydrogens (tertiary/aromatic N) is 2. The van der Waals surface area contributed by atoms with Crippen molar-refractivity contribution in [2.75, 3.05) is 11.4 Å². The van der Waals surface area contributed by atoms with Gasteiger partial charge >= 0.3 is 0 Å². The van der Waals surface area contributed by atoms with Gasteiger partial charge in [0.15, 0.2) is 0 Å². The summed E-state index contributed by atoms with van der Waals surface area (Å²) in [6.07, 6.45) is 0.681. The Labute approximate surface area is 141 Å². The molecular weight excluding hydrogens is 301 g/mol. The monoisotopic (exact) mass is 321 g/mol. The lowest BCUT2D eigenvalue weighted by molar-refractivity contribution is 0.612. The zero-order chi connectivity index (χ0) is 17.3. The van der Waals surface area contributed by atoms with Crippen molar-refractivity contribution in [1.82, 2.24) is 4.98 Å². The molecule has 0 saturated heterocycles. The molecule has 0 spiro atoms. The van der Waals surface area contributed by atoms with Gasteiger partial charge in [0.1, 0.15) is 11.6 Å². The molecule has 0 saturated carbocycles. The fourth-order valence-electron chi connectivity index (χ4n) is 3.12. The fraction of sp³-hybridized carbons (Fsp3) is 0.250. The Morgan fingerprint density at radius 3 is 2.58 bits per heavy atom. The van der Waals surface area contributed by atoms with Crippen LogP contribution in [0.1, 0.15) is 30.5 Å². The van der Waals surface area contributed by atoms with E-state index in [1.807, 2.05) is 51.1 Å². The van der Waals surface area contributed by atoms with Crippen molar-refractivity contribution in [3.05, 3.63) is 58.9 Å². The number of anilines is 2. The molecule has 0 bridgehead atoms. The first-order valence-electron chi connectivity index (χ1n) is 8.17. The maximum Gasteiger partial charge on any atom is 0.128 e. The standard InChI is InChI=1S/C20H20FN3/c1-4-15-7-8-16(11-18(15)21)24(5-2)20-13(3)17-9-6-14(12-22)10-19(17)23-20/h6-11,23H,4-5H2,1-3H3. The molecule has 1 heterocycles. The van der Waals surface area contributed by atoms with Gasteiger partial charge in [-0.1, -0.05) is 19.1 Å². The fourth-order valence-corrected chi connectivity index (χ4v) is 3.12. The van der Waals surface area contributed by atoms with Crippen LogP contribution in [0.15, 0.2) is 36.4 Å². The number of rotatable bonds is 4. The van der Waals surface area contributed by atoms with Crippen LogP contribution in [0.4, 0.5) is 15.9 Å². The number of hydrogen-bond acceptors (Lipinski definition) is 2. The summed E-state index contributed by atoms with van der Waals surface area (Å²) in [4.78, 5) is 5.45. The second kappa shape index (κ2) is 6.37. The van der Waals surface area contributed by atoms with Gasteiger partial charge in [0.2, 0.25) is 0 Å². The third kappa shape index (κ3) is 2.63. The normalized spacial score (nSPS) is 10.8. The van der Waals surface area contributed by atoms with Crippen LogP contribution in [0.5, 0.6) is 0 Å². The maximum absolute atomic E-state index is 14.2. The van der Waals surface area contributed by atoms with E-state index >= 15 is 0 Å². The molecular formula is C20H20FN3. The number of hydrogen-bond donors (Lipinski definition) is 1. The average molecular weight is 321 g/mol. The summed E-state index contributed by atoms with van der Waals surface area (Å²) in [6.45, 7) is 6.74. The highest BCUT2D eigenvalue weighted by atomic mass is 19.1. The van der Waals surface area contributed by atoms with Crippen molar-refractivity contribution in [3.63, 3.8) is 0 Å². The molecule has 122 valence electrons. The number of aromatic nitrogens is 1.